The van der Waals surface area contributed by atoms with Gasteiger partial charge in [0.2, 0.25) is 0 Å². The van der Waals surface area contributed by atoms with E-state index in [1.54, 1.807) is 19.2 Å². The van der Waals surface area contributed by atoms with E-state index in [1.807, 2.05) is 25.7 Å². The zero-order valence-corrected chi connectivity index (χ0v) is 12.9. The van der Waals surface area contributed by atoms with Crippen LogP contribution in [0.25, 0.3) is 0 Å². The summed E-state index contributed by atoms with van der Waals surface area (Å²) in [6.45, 7) is 7.45. The van der Waals surface area contributed by atoms with Crippen LogP contribution in [0.3, 0.4) is 0 Å². The number of alkyl halides is 3. The fourth-order valence-corrected chi connectivity index (χ4v) is 2.49. The second-order valence-electron chi connectivity index (χ2n) is 6.67. The number of benzene rings is 1. The van der Waals surface area contributed by atoms with Crippen molar-refractivity contribution in [2.75, 3.05) is 20.2 Å². The van der Waals surface area contributed by atoms with E-state index in [1.165, 1.54) is 6.07 Å². The smallest absolute Gasteiger partial charge is 0.379 e. The number of ether oxygens (including phenoxy) is 1. The van der Waals surface area contributed by atoms with Gasteiger partial charge in [-0.25, -0.2) is 0 Å². The number of methoxy groups -OCH3 is 1. The highest BCUT2D eigenvalue weighted by Crippen LogP contribution is 2.36. The molecule has 0 aliphatic carbocycles. The summed E-state index contributed by atoms with van der Waals surface area (Å²) in [6, 6.07) is 4.71. The third kappa shape index (κ3) is 3.77. The highest BCUT2D eigenvalue weighted by Gasteiger charge is 2.36. The highest BCUT2D eigenvalue weighted by molar-refractivity contribution is 5.37. The first kappa shape index (κ1) is 16.3. The summed E-state index contributed by atoms with van der Waals surface area (Å²) in [5.41, 5.74) is 0.231. The number of hydrogen-bond donors (Lipinski definition) is 0. The van der Waals surface area contributed by atoms with Gasteiger partial charge in [0.1, 0.15) is 0 Å². The predicted molar refractivity (Wildman–Crippen MR) is 76.2 cm³/mol. The third-order valence-electron chi connectivity index (χ3n) is 3.93. The lowest BCUT2D eigenvalue weighted by molar-refractivity contribution is -0.138. The molecule has 1 saturated heterocycles. The van der Waals surface area contributed by atoms with Crippen molar-refractivity contribution in [2.45, 2.75) is 45.0 Å². The molecule has 2 rings (SSSR count). The maximum absolute atomic E-state index is 13.3. The van der Waals surface area contributed by atoms with E-state index in [0.717, 1.165) is 0 Å². The van der Waals surface area contributed by atoms with Crippen molar-refractivity contribution >= 4 is 0 Å². The molecular formula is C16H22F3NO. The zero-order chi connectivity index (χ0) is 15.8. The van der Waals surface area contributed by atoms with Crippen LogP contribution in [0.1, 0.15) is 37.5 Å². The predicted octanol–water partition coefficient (Wildman–Crippen LogP) is 3.83. The van der Waals surface area contributed by atoms with Crippen LogP contribution >= 0.6 is 0 Å². The molecule has 0 aromatic heterocycles. The van der Waals surface area contributed by atoms with Crippen molar-refractivity contribution in [1.82, 2.24) is 4.90 Å². The van der Waals surface area contributed by atoms with Crippen molar-refractivity contribution in [2.24, 2.45) is 0 Å². The van der Waals surface area contributed by atoms with Crippen LogP contribution in [-0.2, 0) is 22.9 Å². The van der Waals surface area contributed by atoms with Crippen LogP contribution in [0.5, 0.6) is 0 Å². The van der Waals surface area contributed by atoms with E-state index < -0.39 is 11.7 Å². The van der Waals surface area contributed by atoms with Gasteiger partial charge in [0, 0.05) is 26.7 Å². The third-order valence-corrected chi connectivity index (χ3v) is 3.93. The molecule has 0 radical (unpaired) electrons. The van der Waals surface area contributed by atoms with Gasteiger partial charge in [0.25, 0.3) is 0 Å². The molecule has 0 bridgehead atoms. The Morgan fingerprint density at radius 3 is 2.29 bits per heavy atom. The Morgan fingerprint density at radius 1 is 1.19 bits per heavy atom. The van der Waals surface area contributed by atoms with Crippen LogP contribution in [0, 0.1) is 0 Å². The Bertz CT molecular complexity index is 499. The molecule has 1 aromatic carbocycles. The van der Waals surface area contributed by atoms with Crippen LogP contribution in [0.2, 0.25) is 0 Å². The van der Waals surface area contributed by atoms with E-state index in [0.29, 0.717) is 30.8 Å². The Labute approximate surface area is 123 Å². The van der Waals surface area contributed by atoms with Crippen molar-refractivity contribution in [3.8, 4) is 0 Å². The number of rotatable bonds is 3. The van der Waals surface area contributed by atoms with Gasteiger partial charge in [0.05, 0.1) is 11.7 Å². The molecule has 0 amide bonds. The molecule has 1 aliphatic heterocycles. The van der Waals surface area contributed by atoms with Gasteiger partial charge in [-0.2, -0.15) is 13.2 Å². The first-order valence-electron chi connectivity index (χ1n) is 7.07. The lowest BCUT2D eigenvalue weighted by atomic mass is 9.85. The van der Waals surface area contributed by atoms with Crippen LogP contribution in [0.15, 0.2) is 18.2 Å². The minimum absolute atomic E-state index is 0.146. The van der Waals surface area contributed by atoms with Gasteiger partial charge in [-0.3, -0.25) is 4.90 Å². The minimum atomic E-state index is -4.32. The molecule has 2 nitrogen and oxygen atoms in total. The summed E-state index contributed by atoms with van der Waals surface area (Å²) < 4.78 is 45.0. The average molecular weight is 301 g/mol. The van der Waals surface area contributed by atoms with Crippen LogP contribution in [-0.4, -0.2) is 31.2 Å². The van der Waals surface area contributed by atoms with E-state index in [4.69, 9.17) is 4.74 Å². The van der Waals surface area contributed by atoms with Crippen molar-refractivity contribution in [1.29, 1.82) is 0 Å². The number of hydrogen-bond acceptors (Lipinski definition) is 2. The molecule has 0 atom stereocenters. The molecule has 1 aromatic rings. The van der Waals surface area contributed by atoms with E-state index in [-0.39, 0.29) is 11.5 Å². The first-order chi connectivity index (χ1) is 9.61. The van der Waals surface area contributed by atoms with Gasteiger partial charge in [0.15, 0.2) is 0 Å². The zero-order valence-electron chi connectivity index (χ0n) is 12.9. The SMILES string of the molecule is COC1CN(Cc2ccc(C(C)(C)C)cc2C(F)(F)F)C1. The van der Waals surface area contributed by atoms with Gasteiger partial charge in [-0.05, 0) is 22.6 Å². The Morgan fingerprint density at radius 2 is 1.81 bits per heavy atom. The first-order valence-corrected chi connectivity index (χ1v) is 7.07. The molecule has 5 heteroatoms. The molecule has 0 N–H and O–H groups in total. The molecule has 0 saturated carbocycles. The van der Waals surface area contributed by atoms with Crippen molar-refractivity contribution < 1.29 is 17.9 Å². The van der Waals surface area contributed by atoms with Gasteiger partial charge in [-0.1, -0.05) is 32.9 Å². The topological polar surface area (TPSA) is 12.5 Å². The van der Waals surface area contributed by atoms with E-state index in [9.17, 15) is 13.2 Å². The molecule has 0 spiro atoms. The number of halogens is 3. The standard InChI is InChI=1S/C16H22F3NO/c1-15(2,3)12-6-5-11(14(7-12)16(17,18)19)8-20-9-13(10-20)21-4/h5-7,13H,8-10H2,1-4H3. The van der Waals surface area contributed by atoms with Crippen LogP contribution in [0.4, 0.5) is 13.2 Å². The molecule has 0 unspecified atom stereocenters. The van der Waals surface area contributed by atoms with Gasteiger partial charge in [-0.15, -0.1) is 0 Å². The molecular weight excluding hydrogens is 279 g/mol. The van der Waals surface area contributed by atoms with Crippen molar-refractivity contribution in [3.05, 3.63) is 34.9 Å². The Hall–Kier alpha value is -1.07. The minimum Gasteiger partial charge on any atom is -0.379 e. The van der Waals surface area contributed by atoms with Gasteiger partial charge < -0.3 is 4.74 Å². The second-order valence-corrected chi connectivity index (χ2v) is 6.67. The number of nitrogens with zero attached hydrogens (tertiary/aromatic N) is 1. The lowest BCUT2D eigenvalue weighted by Crippen LogP contribution is -2.51. The van der Waals surface area contributed by atoms with Crippen LogP contribution < -0.4 is 0 Å². The molecule has 1 aliphatic rings. The summed E-state index contributed by atoms with van der Waals surface area (Å²) in [5, 5.41) is 0. The maximum Gasteiger partial charge on any atom is 0.416 e. The van der Waals surface area contributed by atoms with Crippen molar-refractivity contribution in [3.63, 3.8) is 0 Å². The second kappa shape index (κ2) is 5.61. The normalized spacial score (nSPS) is 17.9. The Kier molecular flexibility index (Phi) is 4.36. The fraction of sp³-hybridized carbons (Fsp3) is 0.625. The quantitative estimate of drug-likeness (QED) is 0.841. The monoisotopic (exact) mass is 301 g/mol. The summed E-state index contributed by atoms with van der Waals surface area (Å²) in [5.74, 6) is 0. The highest BCUT2D eigenvalue weighted by atomic mass is 19.4. The molecule has 118 valence electrons. The van der Waals surface area contributed by atoms with E-state index in [2.05, 4.69) is 0 Å². The Balaban J connectivity index is 2.24. The van der Waals surface area contributed by atoms with E-state index >= 15 is 0 Å². The maximum atomic E-state index is 13.3. The summed E-state index contributed by atoms with van der Waals surface area (Å²) in [4.78, 5) is 1.97. The summed E-state index contributed by atoms with van der Waals surface area (Å²) >= 11 is 0. The molecule has 1 fully saturated rings. The fourth-order valence-electron chi connectivity index (χ4n) is 2.49. The average Bonchev–Trinajstić information content (AvgIpc) is 2.30. The lowest BCUT2D eigenvalue weighted by Gasteiger charge is -2.38. The molecule has 1 heterocycles. The number of likely N-dealkylation sites (tertiary alicyclic amines) is 1. The molecule has 21 heavy (non-hydrogen) atoms. The van der Waals surface area contributed by atoms with Gasteiger partial charge >= 0.3 is 6.18 Å². The largest absolute Gasteiger partial charge is 0.416 e. The summed E-state index contributed by atoms with van der Waals surface area (Å²) in [7, 11) is 1.63. The summed E-state index contributed by atoms with van der Waals surface area (Å²) in [6.07, 6.45) is -4.17.